The van der Waals surface area contributed by atoms with Gasteiger partial charge < -0.3 is 5.32 Å². The van der Waals surface area contributed by atoms with E-state index in [1.807, 2.05) is 0 Å². The number of imide groups is 1. The van der Waals surface area contributed by atoms with E-state index in [1.54, 1.807) is 11.8 Å². The quantitative estimate of drug-likeness (QED) is 0.808. The topological polar surface area (TPSA) is 70.6 Å². The molecule has 3 amide bonds. The molecule has 1 aliphatic heterocycles. The minimum absolute atomic E-state index is 0.240. The number of nitrogens with zero attached hydrogens (tertiary/aromatic N) is 1. The van der Waals surface area contributed by atoms with Gasteiger partial charge in [0, 0.05) is 12.3 Å². The van der Waals surface area contributed by atoms with Crippen LogP contribution in [0.2, 0.25) is 0 Å². The lowest BCUT2D eigenvalue weighted by Gasteiger charge is -2.07. The van der Waals surface area contributed by atoms with Gasteiger partial charge in [0.15, 0.2) is 0 Å². The molecule has 7 heteroatoms. The van der Waals surface area contributed by atoms with Crippen LogP contribution >= 0.6 is 23.5 Å². The Morgan fingerprint density at radius 2 is 2.28 bits per heavy atom. The Balaban J connectivity index is 2.09. The van der Waals surface area contributed by atoms with E-state index in [4.69, 9.17) is 0 Å². The molecule has 102 valence electrons. The average molecular weight is 289 g/mol. The number of carbonyl (C=O) groups is 2. The summed E-state index contributed by atoms with van der Waals surface area (Å²) >= 11 is 3.04. The molecule has 0 aromatic rings. The summed E-state index contributed by atoms with van der Waals surface area (Å²) < 4.78 is 0.936. The highest BCUT2D eigenvalue weighted by atomic mass is 32.2. The monoisotopic (exact) mass is 289 g/mol. The van der Waals surface area contributed by atoms with Crippen LogP contribution < -0.4 is 10.6 Å². The summed E-state index contributed by atoms with van der Waals surface area (Å²) in [6.07, 6.45) is 0.907. The van der Waals surface area contributed by atoms with Crippen molar-refractivity contribution in [1.29, 1.82) is 0 Å². The number of thioether (sulfide) groups is 2. The number of hydrogen-bond donors (Lipinski definition) is 2. The number of urea groups is 1. The molecule has 0 saturated carbocycles. The van der Waals surface area contributed by atoms with E-state index in [0.717, 1.165) is 23.1 Å². The number of rotatable bonds is 5. The van der Waals surface area contributed by atoms with Gasteiger partial charge in [-0.1, -0.05) is 37.4 Å². The first kappa shape index (κ1) is 15.4. The van der Waals surface area contributed by atoms with Crippen molar-refractivity contribution in [3.05, 3.63) is 0 Å². The molecular weight excluding hydrogens is 270 g/mol. The van der Waals surface area contributed by atoms with Crippen molar-refractivity contribution in [3.63, 3.8) is 0 Å². The van der Waals surface area contributed by atoms with Crippen molar-refractivity contribution in [2.75, 3.05) is 24.6 Å². The molecule has 5 nitrogen and oxygen atoms in total. The molecule has 0 aromatic heterocycles. The molecule has 0 spiro atoms. The molecular formula is C11H19N3O2S2. The molecule has 0 saturated heterocycles. The highest BCUT2D eigenvalue weighted by molar-refractivity contribution is 8.39. The highest BCUT2D eigenvalue weighted by Gasteiger charge is 2.12. The van der Waals surface area contributed by atoms with Crippen LogP contribution in [-0.2, 0) is 4.79 Å². The van der Waals surface area contributed by atoms with Gasteiger partial charge in [-0.05, 0) is 12.3 Å². The van der Waals surface area contributed by atoms with E-state index in [9.17, 15) is 9.59 Å². The Hall–Kier alpha value is -0.690. The van der Waals surface area contributed by atoms with Crippen molar-refractivity contribution in [2.24, 2.45) is 10.9 Å². The zero-order valence-electron chi connectivity index (χ0n) is 10.7. The first-order valence-corrected chi connectivity index (χ1v) is 7.92. The van der Waals surface area contributed by atoms with Crippen LogP contribution in [0.1, 0.15) is 20.3 Å². The van der Waals surface area contributed by atoms with E-state index >= 15 is 0 Å². The van der Waals surface area contributed by atoms with Gasteiger partial charge in [-0.3, -0.25) is 15.1 Å². The van der Waals surface area contributed by atoms with Crippen molar-refractivity contribution >= 4 is 39.8 Å². The lowest BCUT2D eigenvalue weighted by molar-refractivity contribution is -0.117. The maximum Gasteiger partial charge on any atom is 0.321 e. The number of nitrogens with one attached hydrogen (secondary N) is 2. The molecule has 0 aliphatic carbocycles. The summed E-state index contributed by atoms with van der Waals surface area (Å²) in [6, 6.07) is -0.415. The van der Waals surface area contributed by atoms with Crippen LogP contribution in [0.3, 0.4) is 0 Å². The highest BCUT2D eigenvalue weighted by Crippen LogP contribution is 2.21. The van der Waals surface area contributed by atoms with Gasteiger partial charge in [-0.25, -0.2) is 4.79 Å². The molecule has 2 N–H and O–H groups in total. The fourth-order valence-corrected chi connectivity index (χ4v) is 3.02. The van der Waals surface area contributed by atoms with Gasteiger partial charge in [0.05, 0.1) is 12.3 Å². The third-order valence-electron chi connectivity index (χ3n) is 2.14. The van der Waals surface area contributed by atoms with Gasteiger partial charge in [-0.15, -0.1) is 0 Å². The predicted molar refractivity (Wildman–Crippen MR) is 78.2 cm³/mol. The Bertz CT molecular complexity index is 332. The fourth-order valence-electron chi connectivity index (χ4n) is 1.21. The summed E-state index contributed by atoms with van der Waals surface area (Å²) in [5.74, 6) is 1.48. The molecule has 0 unspecified atom stereocenters. The maximum atomic E-state index is 11.5. The molecule has 0 aromatic carbocycles. The standard InChI is InChI=1S/C11H19N3O2S2/c1-8(2)3-4-12-10(16)14-9(15)7-18-11-13-5-6-17-11/h8H,3-7H2,1-2H3,(H2,12,14,15,16). The van der Waals surface area contributed by atoms with Crippen molar-refractivity contribution < 1.29 is 9.59 Å². The summed E-state index contributed by atoms with van der Waals surface area (Å²) in [6.45, 7) is 5.58. The predicted octanol–water partition coefficient (Wildman–Crippen LogP) is 1.69. The lowest BCUT2D eigenvalue weighted by atomic mass is 10.1. The zero-order valence-corrected chi connectivity index (χ0v) is 12.3. The molecule has 18 heavy (non-hydrogen) atoms. The van der Waals surface area contributed by atoms with Crippen LogP contribution in [0.15, 0.2) is 4.99 Å². The van der Waals surface area contributed by atoms with Gasteiger partial charge in [0.25, 0.3) is 0 Å². The Kier molecular flexibility index (Phi) is 7.19. The normalized spacial score (nSPS) is 14.5. The van der Waals surface area contributed by atoms with E-state index < -0.39 is 6.03 Å². The molecule has 0 radical (unpaired) electrons. The Labute approximate surface area is 116 Å². The number of carbonyl (C=O) groups excluding carboxylic acids is 2. The summed E-state index contributed by atoms with van der Waals surface area (Å²) in [7, 11) is 0. The second kappa shape index (κ2) is 8.42. The van der Waals surface area contributed by atoms with E-state index in [2.05, 4.69) is 29.5 Å². The second-order valence-corrected chi connectivity index (χ2v) is 6.58. The SMILES string of the molecule is CC(C)CCNC(=O)NC(=O)CSC1=NCCS1. The average Bonchev–Trinajstić information content (AvgIpc) is 2.78. The van der Waals surface area contributed by atoms with Crippen molar-refractivity contribution in [3.8, 4) is 0 Å². The third-order valence-corrected chi connectivity index (χ3v) is 4.40. The zero-order chi connectivity index (χ0) is 13.4. The molecule has 0 fully saturated rings. The largest absolute Gasteiger partial charge is 0.338 e. The van der Waals surface area contributed by atoms with Crippen molar-refractivity contribution in [2.45, 2.75) is 20.3 Å². The van der Waals surface area contributed by atoms with Gasteiger partial charge >= 0.3 is 6.03 Å². The summed E-state index contributed by atoms with van der Waals surface area (Å²) in [5, 5.41) is 4.96. The van der Waals surface area contributed by atoms with Crippen LogP contribution in [0.25, 0.3) is 0 Å². The molecule has 0 bridgehead atoms. The van der Waals surface area contributed by atoms with Crippen LogP contribution in [0.5, 0.6) is 0 Å². The molecule has 1 rings (SSSR count). The van der Waals surface area contributed by atoms with Crippen molar-refractivity contribution in [1.82, 2.24) is 10.6 Å². The van der Waals surface area contributed by atoms with E-state index in [1.165, 1.54) is 11.8 Å². The minimum atomic E-state index is -0.415. The number of aliphatic imine (C=N–C) groups is 1. The Morgan fingerprint density at radius 1 is 1.50 bits per heavy atom. The fraction of sp³-hybridized carbons (Fsp3) is 0.727. The van der Waals surface area contributed by atoms with Crippen LogP contribution in [0.4, 0.5) is 4.79 Å². The van der Waals surface area contributed by atoms with Crippen LogP contribution in [0, 0.1) is 5.92 Å². The number of amides is 3. The van der Waals surface area contributed by atoms with E-state index in [0.29, 0.717) is 12.5 Å². The summed E-state index contributed by atoms with van der Waals surface area (Å²) in [4.78, 5) is 27.0. The smallest absolute Gasteiger partial charge is 0.321 e. The first-order valence-electron chi connectivity index (χ1n) is 5.95. The Morgan fingerprint density at radius 3 is 2.89 bits per heavy atom. The summed E-state index contributed by atoms with van der Waals surface area (Å²) in [5.41, 5.74) is 0. The second-order valence-electron chi connectivity index (χ2n) is 4.27. The molecule has 1 heterocycles. The van der Waals surface area contributed by atoms with Gasteiger partial charge in [-0.2, -0.15) is 0 Å². The maximum absolute atomic E-state index is 11.5. The van der Waals surface area contributed by atoms with Gasteiger partial charge in [0.2, 0.25) is 5.91 Å². The minimum Gasteiger partial charge on any atom is -0.338 e. The van der Waals surface area contributed by atoms with Gasteiger partial charge in [0.1, 0.15) is 4.38 Å². The van der Waals surface area contributed by atoms with Crippen LogP contribution in [-0.4, -0.2) is 40.9 Å². The molecule has 0 atom stereocenters. The third kappa shape index (κ3) is 6.90. The van der Waals surface area contributed by atoms with E-state index in [-0.39, 0.29) is 11.7 Å². The first-order chi connectivity index (χ1) is 8.58. The lowest BCUT2D eigenvalue weighted by Crippen LogP contribution is -2.41. The number of hydrogen-bond acceptors (Lipinski definition) is 5. The molecule has 1 aliphatic rings.